The maximum absolute atomic E-state index is 14.7. The van der Waals surface area contributed by atoms with Gasteiger partial charge in [-0.05, 0) is 73.6 Å². The summed E-state index contributed by atoms with van der Waals surface area (Å²) in [5.74, 6) is -2.09. The smallest absolute Gasteiger partial charge is 0.318 e. The zero-order chi connectivity index (χ0) is 38.9. The summed E-state index contributed by atoms with van der Waals surface area (Å²) in [7, 11) is -4.19. The van der Waals surface area contributed by atoms with E-state index in [0.29, 0.717) is 49.1 Å². The van der Waals surface area contributed by atoms with Gasteiger partial charge in [-0.2, -0.15) is 0 Å². The van der Waals surface area contributed by atoms with Gasteiger partial charge in [-0.25, -0.2) is 27.9 Å². The van der Waals surface area contributed by atoms with Gasteiger partial charge in [0.2, 0.25) is 17.7 Å². The van der Waals surface area contributed by atoms with Crippen molar-refractivity contribution in [3.8, 4) is 16.5 Å². The van der Waals surface area contributed by atoms with Crippen LogP contribution in [0.5, 0.6) is 5.88 Å². The van der Waals surface area contributed by atoms with E-state index < -0.39 is 57.4 Å². The van der Waals surface area contributed by atoms with Gasteiger partial charge in [0.1, 0.15) is 33.6 Å². The van der Waals surface area contributed by atoms with Crippen molar-refractivity contribution in [2.75, 3.05) is 19.6 Å². The number of sulfonamides is 1. The molecule has 1 aliphatic carbocycles. The number of hydrogen-bond acceptors (Lipinski definition) is 11. The Hall–Kier alpha value is -4.87. The van der Waals surface area contributed by atoms with Crippen LogP contribution in [0.4, 0.5) is 4.79 Å². The Morgan fingerprint density at radius 2 is 1.70 bits per heavy atom. The number of para-hydroxylation sites is 2. The van der Waals surface area contributed by atoms with E-state index in [1.54, 1.807) is 16.3 Å². The van der Waals surface area contributed by atoms with E-state index in [-0.39, 0.29) is 35.5 Å². The number of urea groups is 1. The average molecular weight is 818 g/mol. The van der Waals surface area contributed by atoms with Crippen LogP contribution in [-0.2, 0) is 24.4 Å². The van der Waals surface area contributed by atoms with E-state index in [1.165, 1.54) is 22.3 Å². The van der Waals surface area contributed by atoms with Gasteiger partial charge in [-0.15, -0.1) is 22.7 Å². The summed E-state index contributed by atoms with van der Waals surface area (Å²) in [5, 5.41) is 9.42. The van der Waals surface area contributed by atoms with Crippen molar-refractivity contribution >= 4 is 67.5 Å². The summed E-state index contributed by atoms with van der Waals surface area (Å²) in [5.41, 5.74) is 0.286. The molecule has 56 heavy (non-hydrogen) atoms. The second-order valence-corrected chi connectivity index (χ2v) is 18.5. The number of amides is 5. The fourth-order valence-electron chi connectivity index (χ4n) is 7.80. The number of carbonyl (C=O) groups is 4. The number of allylic oxidation sites excluding steroid dienone is 1. The van der Waals surface area contributed by atoms with Crippen LogP contribution in [0, 0.1) is 5.92 Å². The van der Waals surface area contributed by atoms with Crippen molar-refractivity contribution in [1.29, 1.82) is 0 Å². The number of nitrogens with zero attached hydrogens (tertiary/aromatic N) is 4. The molecule has 1 unspecified atom stereocenters. The monoisotopic (exact) mass is 817 g/mol. The van der Waals surface area contributed by atoms with Gasteiger partial charge >= 0.3 is 6.03 Å². The first kappa shape index (κ1) is 38.0. The Balaban J connectivity index is 1.12. The third-order valence-corrected chi connectivity index (χ3v) is 14.5. The highest BCUT2D eigenvalue weighted by atomic mass is 32.2. The number of benzene rings is 1. The van der Waals surface area contributed by atoms with Crippen LogP contribution >= 0.6 is 22.7 Å². The minimum absolute atomic E-state index is 0.000672. The third kappa shape index (κ3) is 7.89. The highest BCUT2D eigenvalue weighted by molar-refractivity contribution is 7.92. The molecule has 14 nitrogen and oxygen atoms in total. The van der Waals surface area contributed by atoms with Crippen molar-refractivity contribution < 1.29 is 32.3 Å². The largest absolute Gasteiger partial charge is 0.471 e. The van der Waals surface area contributed by atoms with E-state index in [0.717, 1.165) is 41.9 Å². The number of carbonyl (C=O) groups excluding carboxylic acids is 4. The van der Waals surface area contributed by atoms with Gasteiger partial charge in [-0.3, -0.25) is 14.4 Å². The second kappa shape index (κ2) is 15.9. The molecule has 0 spiro atoms. The fourth-order valence-corrected chi connectivity index (χ4v) is 10.5. The molecule has 5 atom stereocenters. The summed E-state index contributed by atoms with van der Waals surface area (Å²) in [6.07, 6.45) is 8.49. The molecule has 0 bridgehead atoms. The first-order valence-corrected chi connectivity index (χ1v) is 22.3. The lowest BCUT2D eigenvalue weighted by Crippen LogP contribution is -2.58. The molecule has 3 fully saturated rings. The maximum Gasteiger partial charge on any atom is 0.318 e. The van der Waals surface area contributed by atoms with Gasteiger partial charge in [-0.1, -0.05) is 49.3 Å². The number of nitrogens with one attached hydrogen (secondary N) is 3. The molecular weight excluding hydrogens is 775 g/mol. The SMILES string of the molecule is O=C1N[C@]2(C(=O)NS(=O)(=O)c3cccs3)CC2/C=C/CCCCC[C@@H](NC(=O)N2CCCC2)C(=O)N2C[C@H](Oc3nc4ccccc4nc3-c3cccs3)C[C@@H]12. The number of ether oxygens (including phenoxy) is 1. The third-order valence-electron chi connectivity index (χ3n) is 10.9. The lowest BCUT2D eigenvalue weighted by molar-refractivity contribution is -0.141. The number of fused-ring (bicyclic) bond motifs is 3. The Bertz CT molecular complexity index is 2240. The molecule has 5 amide bonds. The molecule has 6 heterocycles. The molecule has 4 aromatic rings. The predicted octanol–water partition coefficient (Wildman–Crippen LogP) is 4.84. The minimum Gasteiger partial charge on any atom is -0.471 e. The van der Waals surface area contributed by atoms with Crippen LogP contribution < -0.4 is 20.1 Å². The Morgan fingerprint density at radius 3 is 2.45 bits per heavy atom. The van der Waals surface area contributed by atoms with Crippen molar-refractivity contribution in [3.63, 3.8) is 0 Å². The van der Waals surface area contributed by atoms with Gasteiger partial charge in [0.25, 0.3) is 15.9 Å². The number of thiophene rings is 2. The average Bonchev–Trinajstić information content (AvgIpc) is 3.89. The van der Waals surface area contributed by atoms with Crippen LogP contribution in [0.25, 0.3) is 21.6 Å². The summed E-state index contributed by atoms with van der Waals surface area (Å²) >= 11 is 2.46. The standard InChI is InChI=1S/C39H43N7O7S3/c47-34-30-22-26(53-35-33(31-16-10-20-54-31)40-27-13-6-7-14-28(27)41-35)24-46(30)36(48)29(42-38(50)45-18-8-9-19-45)15-5-3-1-2-4-12-25-23-39(25,43-34)37(49)44-56(51,52)32-17-11-21-55-32/h4,6-7,10-14,16-17,20-21,25-26,29-30H,1-3,5,8-9,15,18-19,22-24H2,(H,42,50)(H,43,47)(H,44,49)/b12-4+/t25?,26-,29-,30+,39-/m1/s1. The Morgan fingerprint density at radius 1 is 0.929 bits per heavy atom. The zero-order valence-corrected chi connectivity index (χ0v) is 33.0. The lowest BCUT2D eigenvalue weighted by atomic mass is 10.0. The van der Waals surface area contributed by atoms with Gasteiger partial charge in [0, 0.05) is 25.4 Å². The number of aromatic nitrogens is 2. The van der Waals surface area contributed by atoms with Gasteiger partial charge in [0.15, 0.2) is 0 Å². The first-order chi connectivity index (χ1) is 27.1. The lowest BCUT2D eigenvalue weighted by Gasteiger charge is -2.30. The molecule has 1 saturated carbocycles. The quantitative estimate of drug-likeness (QED) is 0.220. The summed E-state index contributed by atoms with van der Waals surface area (Å²) in [6.45, 7) is 1.22. The first-order valence-electron chi connectivity index (χ1n) is 19.0. The van der Waals surface area contributed by atoms with Gasteiger partial charge in [0.05, 0.1) is 22.5 Å². The van der Waals surface area contributed by atoms with Crippen molar-refractivity contribution in [2.24, 2.45) is 5.92 Å². The Kier molecular flexibility index (Phi) is 10.8. The van der Waals surface area contributed by atoms with E-state index in [2.05, 4.69) is 15.4 Å². The van der Waals surface area contributed by atoms with E-state index in [9.17, 15) is 27.6 Å². The topological polar surface area (TPSA) is 180 Å². The summed E-state index contributed by atoms with van der Waals surface area (Å²) in [6, 6.07) is 11.9. The molecule has 3 aliphatic heterocycles. The molecule has 3 N–H and O–H groups in total. The van der Waals surface area contributed by atoms with Crippen molar-refractivity contribution in [2.45, 2.75) is 85.7 Å². The van der Waals surface area contributed by atoms with Crippen LogP contribution in [0.2, 0.25) is 0 Å². The molecule has 8 rings (SSSR count). The van der Waals surface area contributed by atoms with Crippen LogP contribution in [0.15, 0.2) is 75.7 Å². The molecule has 4 aliphatic rings. The molecule has 3 aromatic heterocycles. The molecule has 2 saturated heterocycles. The minimum atomic E-state index is -4.19. The van der Waals surface area contributed by atoms with Crippen LogP contribution in [0.1, 0.15) is 57.8 Å². The maximum atomic E-state index is 14.7. The molecular formula is C39H43N7O7S3. The highest BCUT2D eigenvalue weighted by Gasteiger charge is 2.61. The van der Waals surface area contributed by atoms with E-state index in [1.807, 2.05) is 53.9 Å². The molecule has 294 valence electrons. The van der Waals surface area contributed by atoms with Crippen molar-refractivity contribution in [3.05, 3.63) is 71.4 Å². The molecule has 0 radical (unpaired) electrons. The summed E-state index contributed by atoms with van der Waals surface area (Å²) in [4.78, 5) is 70.2. The van der Waals surface area contributed by atoms with E-state index >= 15 is 0 Å². The van der Waals surface area contributed by atoms with Gasteiger partial charge < -0.3 is 25.2 Å². The van der Waals surface area contributed by atoms with Crippen LogP contribution in [0.3, 0.4) is 0 Å². The predicted molar refractivity (Wildman–Crippen MR) is 211 cm³/mol. The highest BCUT2D eigenvalue weighted by Crippen LogP contribution is 2.46. The van der Waals surface area contributed by atoms with Crippen LogP contribution in [-0.4, -0.2) is 95.3 Å². The molecule has 17 heteroatoms. The number of hydrogen-bond donors (Lipinski definition) is 3. The zero-order valence-electron chi connectivity index (χ0n) is 30.6. The molecule has 1 aromatic carbocycles. The second-order valence-electron chi connectivity index (χ2n) is 14.7. The number of rotatable bonds is 7. The fraction of sp³-hybridized carbons (Fsp3) is 0.436. The number of likely N-dealkylation sites (tertiary alicyclic amines) is 1. The van der Waals surface area contributed by atoms with Crippen molar-refractivity contribution in [1.82, 2.24) is 35.1 Å². The van der Waals surface area contributed by atoms with E-state index in [4.69, 9.17) is 14.7 Å². The summed E-state index contributed by atoms with van der Waals surface area (Å²) < 4.78 is 35.1. The Labute approximate surface area is 332 Å². The normalized spacial score (nSPS) is 26.4.